The summed E-state index contributed by atoms with van der Waals surface area (Å²) in [6, 6.07) is 7.60. The van der Waals surface area contributed by atoms with E-state index in [1.165, 1.54) is 11.3 Å². The maximum absolute atomic E-state index is 12.0. The van der Waals surface area contributed by atoms with Gasteiger partial charge in [0.15, 0.2) is 0 Å². The van der Waals surface area contributed by atoms with Crippen molar-refractivity contribution in [3.05, 3.63) is 34.7 Å². The van der Waals surface area contributed by atoms with Gasteiger partial charge in [0.1, 0.15) is 5.01 Å². The minimum absolute atomic E-state index is 0.133. The van der Waals surface area contributed by atoms with Crippen LogP contribution in [0.25, 0.3) is 11.3 Å². The Labute approximate surface area is 123 Å². The zero-order valence-corrected chi connectivity index (χ0v) is 12.6. The van der Waals surface area contributed by atoms with Gasteiger partial charge in [-0.15, -0.1) is 11.3 Å². The van der Waals surface area contributed by atoms with Gasteiger partial charge in [0.25, 0.3) is 0 Å². The topological polar surface area (TPSA) is 59.2 Å². The lowest BCUT2D eigenvalue weighted by Gasteiger charge is -2.17. The zero-order chi connectivity index (χ0) is 14.5. The second kappa shape index (κ2) is 6.52. The molecule has 0 spiro atoms. The van der Waals surface area contributed by atoms with Gasteiger partial charge >= 0.3 is 0 Å². The van der Waals surface area contributed by atoms with Gasteiger partial charge in [-0.2, -0.15) is 0 Å². The number of nitrogen functional groups attached to an aromatic ring is 1. The summed E-state index contributed by atoms with van der Waals surface area (Å²) in [4.78, 5) is 18.4. The molecule has 0 aliphatic rings. The molecule has 0 unspecified atom stereocenters. The van der Waals surface area contributed by atoms with E-state index in [0.717, 1.165) is 35.0 Å². The van der Waals surface area contributed by atoms with Gasteiger partial charge in [0, 0.05) is 29.7 Å². The predicted molar refractivity (Wildman–Crippen MR) is 83.6 cm³/mol. The van der Waals surface area contributed by atoms with Crippen LogP contribution in [0.4, 0.5) is 5.69 Å². The lowest BCUT2D eigenvalue weighted by molar-refractivity contribution is -0.130. The SMILES string of the molecule is CCN(CC)C(=O)Cc1nc(-c2ccc(N)cc2)cs1. The number of carbonyl (C=O) groups excluding carboxylic acids is 1. The van der Waals surface area contributed by atoms with Crippen molar-refractivity contribution in [3.8, 4) is 11.3 Å². The van der Waals surface area contributed by atoms with Crippen LogP contribution in [0, 0.1) is 0 Å². The number of hydrogen-bond donors (Lipinski definition) is 1. The zero-order valence-electron chi connectivity index (χ0n) is 11.8. The molecule has 20 heavy (non-hydrogen) atoms. The number of aromatic nitrogens is 1. The number of anilines is 1. The highest BCUT2D eigenvalue weighted by molar-refractivity contribution is 7.10. The molecule has 0 aliphatic carbocycles. The Hall–Kier alpha value is -1.88. The Morgan fingerprint density at radius 1 is 1.25 bits per heavy atom. The average Bonchev–Trinajstić information content (AvgIpc) is 2.89. The standard InChI is InChI=1S/C15H19N3OS/c1-3-18(4-2)15(19)9-14-17-13(10-20-14)11-5-7-12(16)8-6-11/h5-8,10H,3-4,9,16H2,1-2H3. The molecule has 1 aromatic heterocycles. The number of rotatable bonds is 5. The summed E-state index contributed by atoms with van der Waals surface area (Å²) in [7, 11) is 0. The molecule has 4 nitrogen and oxygen atoms in total. The van der Waals surface area contributed by atoms with Gasteiger partial charge < -0.3 is 10.6 Å². The first-order chi connectivity index (χ1) is 9.63. The normalized spacial score (nSPS) is 10.5. The number of hydrogen-bond acceptors (Lipinski definition) is 4. The van der Waals surface area contributed by atoms with Crippen molar-refractivity contribution in [1.29, 1.82) is 0 Å². The number of amides is 1. The van der Waals surface area contributed by atoms with Crippen molar-refractivity contribution in [2.75, 3.05) is 18.8 Å². The molecule has 0 fully saturated rings. The summed E-state index contributed by atoms with van der Waals surface area (Å²) >= 11 is 1.53. The Bertz CT molecular complexity index is 573. The first-order valence-corrected chi connectivity index (χ1v) is 7.60. The fourth-order valence-electron chi connectivity index (χ4n) is 2.00. The molecular weight excluding hydrogens is 270 g/mol. The Balaban J connectivity index is 2.09. The van der Waals surface area contributed by atoms with Crippen LogP contribution in [0.3, 0.4) is 0 Å². The van der Waals surface area contributed by atoms with E-state index < -0.39 is 0 Å². The summed E-state index contributed by atoms with van der Waals surface area (Å²) in [6.07, 6.45) is 0.376. The molecule has 106 valence electrons. The molecule has 2 N–H and O–H groups in total. The number of nitrogens with two attached hydrogens (primary N) is 1. The quantitative estimate of drug-likeness (QED) is 0.861. The van der Waals surface area contributed by atoms with Crippen molar-refractivity contribution in [2.24, 2.45) is 0 Å². The highest BCUT2D eigenvalue weighted by atomic mass is 32.1. The van der Waals surface area contributed by atoms with Gasteiger partial charge in [-0.1, -0.05) is 12.1 Å². The summed E-state index contributed by atoms with van der Waals surface area (Å²) in [5, 5.41) is 2.84. The second-order valence-electron chi connectivity index (χ2n) is 4.49. The van der Waals surface area contributed by atoms with E-state index in [-0.39, 0.29) is 5.91 Å². The molecule has 0 saturated heterocycles. The van der Waals surface area contributed by atoms with Gasteiger partial charge in [-0.3, -0.25) is 4.79 Å². The van der Waals surface area contributed by atoms with Gasteiger partial charge in [0.2, 0.25) is 5.91 Å². The van der Waals surface area contributed by atoms with Gasteiger partial charge in [0.05, 0.1) is 12.1 Å². The first-order valence-electron chi connectivity index (χ1n) is 6.72. The fraction of sp³-hybridized carbons (Fsp3) is 0.333. The van der Waals surface area contributed by atoms with E-state index in [0.29, 0.717) is 6.42 Å². The monoisotopic (exact) mass is 289 g/mol. The molecule has 0 aliphatic heterocycles. The largest absolute Gasteiger partial charge is 0.399 e. The second-order valence-corrected chi connectivity index (χ2v) is 5.43. The third-order valence-corrected chi connectivity index (χ3v) is 4.03. The summed E-state index contributed by atoms with van der Waals surface area (Å²) in [6.45, 7) is 5.46. The summed E-state index contributed by atoms with van der Waals surface area (Å²) in [5.41, 5.74) is 8.33. The smallest absolute Gasteiger partial charge is 0.229 e. The number of thiazole rings is 1. The number of benzene rings is 1. The van der Waals surface area contributed by atoms with E-state index in [2.05, 4.69) is 4.98 Å². The molecule has 1 amide bonds. The number of nitrogens with zero attached hydrogens (tertiary/aromatic N) is 2. The molecule has 0 radical (unpaired) electrons. The van der Waals surface area contributed by atoms with Crippen LogP contribution in [0.5, 0.6) is 0 Å². The maximum atomic E-state index is 12.0. The molecule has 1 aromatic carbocycles. The van der Waals surface area contributed by atoms with Crippen molar-refractivity contribution in [3.63, 3.8) is 0 Å². The molecule has 5 heteroatoms. The molecule has 0 bridgehead atoms. The first kappa shape index (κ1) is 14.5. The Kier molecular flexibility index (Phi) is 4.74. The van der Waals surface area contributed by atoms with Crippen molar-refractivity contribution >= 4 is 22.9 Å². The summed E-state index contributed by atoms with van der Waals surface area (Å²) in [5.74, 6) is 0.133. The third-order valence-electron chi connectivity index (χ3n) is 3.18. The van der Waals surface area contributed by atoms with Crippen LogP contribution < -0.4 is 5.73 Å². The summed E-state index contributed by atoms with van der Waals surface area (Å²) < 4.78 is 0. The molecular formula is C15H19N3OS. The Morgan fingerprint density at radius 3 is 2.50 bits per heavy atom. The predicted octanol–water partition coefficient (Wildman–Crippen LogP) is 2.80. The maximum Gasteiger partial charge on any atom is 0.229 e. The molecule has 0 saturated carbocycles. The average molecular weight is 289 g/mol. The van der Waals surface area contributed by atoms with Crippen LogP contribution in [-0.2, 0) is 11.2 Å². The van der Waals surface area contributed by atoms with E-state index in [4.69, 9.17) is 5.73 Å². The van der Waals surface area contributed by atoms with E-state index in [1.54, 1.807) is 0 Å². The molecule has 0 atom stereocenters. The van der Waals surface area contributed by atoms with E-state index in [1.807, 2.05) is 48.4 Å². The van der Waals surface area contributed by atoms with Crippen LogP contribution >= 0.6 is 11.3 Å². The van der Waals surface area contributed by atoms with Crippen LogP contribution in [0.2, 0.25) is 0 Å². The fourth-order valence-corrected chi connectivity index (χ4v) is 2.79. The minimum Gasteiger partial charge on any atom is -0.399 e. The van der Waals surface area contributed by atoms with E-state index >= 15 is 0 Å². The highest BCUT2D eigenvalue weighted by Crippen LogP contribution is 2.23. The van der Waals surface area contributed by atoms with Crippen molar-refractivity contribution in [1.82, 2.24) is 9.88 Å². The highest BCUT2D eigenvalue weighted by Gasteiger charge is 2.13. The lowest BCUT2D eigenvalue weighted by atomic mass is 10.1. The van der Waals surface area contributed by atoms with Crippen molar-refractivity contribution in [2.45, 2.75) is 20.3 Å². The third kappa shape index (κ3) is 3.36. The van der Waals surface area contributed by atoms with Gasteiger partial charge in [-0.05, 0) is 26.0 Å². The number of carbonyl (C=O) groups is 1. The number of likely N-dealkylation sites (N-methyl/N-ethyl adjacent to an activating group) is 1. The lowest BCUT2D eigenvalue weighted by Crippen LogP contribution is -2.31. The Morgan fingerprint density at radius 2 is 1.90 bits per heavy atom. The van der Waals surface area contributed by atoms with Crippen molar-refractivity contribution < 1.29 is 4.79 Å². The minimum atomic E-state index is 0.133. The van der Waals surface area contributed by atoms with Crippen LogP contribution in [-0.4, -0.2) is 28.9 Å². The molecule has 2 aromatic rings. The van der Waals surface area contributed by atoms with E-state index in [9.17, 15) is 4.79 Å². The van der Waals surface area contributed by atoms with Crippen LogP contribution in [0.15, 0.2) is 29.6 Å². The van der Waals surface area contributed by atoms with Crippen LogP contribution in [0.1, 0.15) is 18.9 Å². The molecule has 2 rings (SSSR count). The molecule has 1 heterocycles. The van der Waals surface area contributed by atoms with Gasteiger partial charge in [-0.25, -0.2) is 4.98 Å².